The lowest BCUT2D eigenvalue weighted by atomic mass is 9.90. The van der Waals surface area contributed by atoms with E-state index < -0.39 is 29.3 Å². The zero-order valence-corrected chi connectivity index (χ0v) is 23.5. The minimum atomic E-state index is -0.878. The van der Waals surface area contributed by atoms with Crippen LogP contribution in [0.4, 0.5) is 4.79 Å². The molecule has 0 saturated heterocycles. The fourth-order valence-corrected chi connectivity index (χ4v) is 3.91. The molecule has 0 aliphatic rings. The number of hydrogen-bond donors (Lipinski definition) is 2. The van der Waals surface area contributed by atoms with E-state index in [4.69, 9.17) is 4.74 Å². The van der Waals surface area contributed by atoms with E-state index in [0.29, 0.717) is 13.0 Å². The summed E-state index contributed by atoms with van der Waals surface area (Å²) >= 11 is 0. The zero-order valence-electron chi connectivity index (χ0n) is 23.5. The molecule has 7 nitrogen and oxygen atoms in total. The second kappa shape index (κ2) is 12.9. The third-order valence-electron chi connectivity index (χ3n) is 6.16. The van der Waals surface area contributed by atoms with Crippen LogP contribution in [0.3, 0.4) is 0 Å². The summed E-state index contributed by atoms with van der Waals surface area (Å²) in [5.41, 5.74) is 1.47. The molecule has 0 bridgehead atoms. The van der Waals surface area contributed by atoms with Gasteiger partial charge >= 0.3 is 6.09 Å². The van der Waals surface area contributed by atoms with Gasteiger partial charge in [0.05, 0.1) is 0 Å². The van der Waals surface area contributed by atoms with Crippen molar-refractivity contribution in [3.8, 4) is 0 Å². The number of hydrogen-bond acceptors (Lipinski definition) is 4. The zero-order chi connectivity index (χ0) is 27.0. The number of alkyl carbamates (subject to hydrolysis) is 1. The maximum absolute atomic E-state index is 13.9. The second-order valence-corrected chi connectivity index (χ2v) is 11.0. The molecule has 198 valence electrons. The first-order valence-electron chi connectivity index (χ1n) is 12.8. The molecular weight excluding hydrogens is 442 g/mol. The highest BCUT2D eigenvalue weighted by Gasteiger charge is 2.42. The molecule has 2 atom stereocenters. The van der Waals surface area contributed by atoms with E-state index >= 15 is 0 Å². The maximum Gasteiger partial charge on any atom is 0.408 e. The number of rotatable bonds is 11. The molecule has 7 heteroatoms. The van der Waals surface area contributed by atoms with E-state index in [1.54, 1.807) is 32.6 Å². The molecule has 35 heavy (non-hydrogen) atoms. The molecule has 1 aromatic rings. The summed E-state index contributed by atoms with van der Waals surface area (Å²) in [6, 6.07) is 4.21. The Kier molecular flexibility index (Phi) is 11.3. The van der Waals surface area contributed by atoms with E-state index in [-0.39, 0.29) is 11.8 Å². The number of benzene rings is 1. The van der Waals surface area contributed by atoms with Crippen LogP contribution in [-0.4, -0.2) is 46.5 Å². The minimum absolute atomic E-state index is 0.215. The Labute approximate surface area is 212 Å². The quantitative estimate of drug-likeness (QED) is 0.397. The maximum atomic E-state index is 13.9. The van der Waals surface area contributed by atoms with Crippen molar-refractivity contribution in [2.24, 2.45) is 0 Å². The number of amides is 3. The van der Waals surface area contributed by atoms with E-state index in [9.17, 15) is 14.4 Å². The highest BCUT2D eigenvalue weighted by molar-refractivity contribution is 5.92. The van der Waals surface area contributed by atoms with Crippen molar-refractivity contribution < 1.29 is 19.1 Å². The molecule has 0 spiro atoms. The van der Waals surface area contributed by atoms with Crippen molar-refractivity contribution in [2.75, 3.05) is 6.54 Å². The van der Waals surface area contributed by atoms with E-state index in [1.807, 2.05) is 52.8 Å². The van der Waals surface area contributed by atoms with Crippen molar-refractivity contribution in [1.82, 2.24) is 15.5 Å². The average Bonchev–Trinajstić information content (AvgIpc) is 2.73. The summed E-state index contributed by atoms with van der Waals surface area (Å²) < 4.78 is 5.35. The number of carbonyl (C=O) groups is 3. The van der Waals surface area contributed by atoms with Gasteiger partial charge in [-0.2, -0.15) is 0 Å². The van der Waals surface area contributed by atoms with Crippen LogP contribution in [0.2, 0.25) is 0 Å². The molecule has 0 radical (unpaired) electrons. The van der Waals surface area contributed by atoms with Gasteiger partial charge in [0.2, 0.25) is 11.8 Å². The lowest BCUT2D eigenvalue weighted by Crippen LogP contribution is -2.58. The summed E-state index contributed by atoms with van der Waals surface area (Å²) in [6.45, 7) is 19.5. The Morgan fingerprint density at radius 2 is 1.66 bits per heavy atom. The second-order valence-electron chi connectivity index (χ2n) is 11.0. The molecule has 1 aromatic carbocycles. The summed E-state index contributed by atoms with van der Waals surface area (Å²) in [5.74, 6) is -0.552. The first kappa shape index (κ1) is 30.5. The van der Waals surface area contributed by atoms with Crippen LogP contribution in [-0.2, 0) is 14.3 Å². The summed E-state index contributed by atoms with van der Waals surface area (Å²) in [7, 11) is 0. The summed E-state index contributed by atoms with van der Waals surface area (Å²) in [4.78, 5) is 41.6. The third kappa shape index (κ3) is 9.19. The van der Waals surface area contributed by atoms with E-state index in [2.05, 4.69) is 17.6 Å². The van der Waals surface area contributed by atoms with Crippen molar-refractivity contribution in [2.45, 2.75) is 118 Å². The molecule has 2 N–H and O–H groups in total. The SMILES string of the molecule is CCCCCNC(=O)C(c1ccc(C)cc1C)N(C(=O)C(C)NC(=O)OC(C)(C)C)C(C)(C)CC. The van der Waals surface area contributed by atoms with Crippen LogP contribution in [0.5, 0.6) is 0 Å². The largest absolute Gasteiger partial charge is 0.444 e. The fraction of sp³-hybridized carbons (Fsp3) is 0.679. The Morgan fingerprint density at radius 3 is 2.17 bits per heavy atom. The number of ether oxygens (including phenoxy) is 1. The van der Waals surface area contributed by atoms with Crippen molar-refractivity contribution in [3.63, 3.8) is 0 Å². The van der Waals surface area contributed by atoms with Gasteiger partial charge in [-0.15, -0.1) is 0 Å². The van der Waals surface area contributed by atoms with Gasteiger partial charge in [0.15, 0.2) is 0 Å². The Balaban J connectivity index is 3.46. The number of carbonyl (C=O) groups excluding carboxylic acids is 3. The topological polar surface area (TPSA) is 87.7 Å². The van der Waals surface area contributed by atoms with Crippen molar-refractivity contribution in [1.29, 1.82) is 0 Å². The van der Waals surface area contributed by atoms with Crippen LogP contribution in [0.15, 0.2) is 18.2 Å². The molecule has 0 aromatic heterocycles. The molecule has 0 heterocycles. The number of nitrogens with one attached hydrogen (secondary N) is 2. The van der Waals surface area contributed by atoms with Gasteiger partial charge in [-0.25, -0.2) is 4.79 Å². The Hall–Kier alpha value is -2.57. The number of unbranched alkanes of at least 4 members (excludes halogenated alkanes) is 2. The lowest BCUT2D eigenvalue weighted by molar-refractivity contribution is -0.149. The van der Waals surface area contributed by atoms with Gasteiger partial charge in [-0.1, -0.05) is 50.5 Å². The van der Waals surface area contributed by atoms with Gasteiger partial charge in [0, 0.05) is 12.1 Å². The van der Waals surface area contributed by atoms with Gasteiger partial charge in [0.1, 0.15) is 17.7 Å². The highest BCUT2D eigenvalue weighted by atomic mass is 16.6. The standard InChI is InChI=1S/C28H47N3O4/c1-11-13-14-17-29-24(32)23(22-16-15-19(3)18-20(22)4)31(28(9,10)12-2)25(33)21(5)30-26(34)35-27(6,7)8/h15-16,18,21,23H,11-14,17H2,1-10H3,(H,29,32)(H,30,34). The fourth-order valence-electron chi connectivity index (χ4n) is 3.91. The van der Waals surface area contributed by atoms with Crippen LogP contribution in [0.25, 0.3) is 0 Å². The van der Waals surface area contributed by atoms with Crippen molar-refractivity contribution in [3.05, 3.63) is 34.9 Å². The molecule has 0 fully saturated rings. The summed E-state index contributed by atoms with van der Waals surface area (Å²) in [5, 5.41) is 5.71. The molecule has 0 aliphatic heterocycles. The van der Waals surface area contributed by atoms with Crippen molar-refractivity contribution >= 4 is 17.9 Å². The molecule has 1 rings (SSSR count). The van der Waals surface area contributed by atoms with Crippen LogP contribution in [0, 0.1) is 13.8 Å². The molecule has 0 saturated carbocycles. The smallest absolute Gasteiger partial charge is 0.408 e. The number of aryl methyl sites for hydroxylation is 2. The van der Waals surface area contributed by atoms with Crippen LogP contribution < -0.4 is 10.6 Å². The van der Waals surface area contributed by atoms with Crippen LogP contribution >= 0.6 is 0 Å². The minimum Gasteiger partial charge on any atom is -0.444 e. The summed E-state index contributed by atoms with van der Waals surface area (Å²) in [6.07, 6.45) is 2.91. The van der Waals surface area contributed by atoms with Crippen LogP contribution in [0.1, 0.15) is 104 Å². The first-order valence-corrected chi connectivity index (χ1v) is 12.8. The highest BCUT2D eigenvalue weighted by Crippen LogP contribution is 2.34. The first-order chi connectivity index (χ1) is 16.1. The van der Waals surface area contributed by atoms with Gasteiger partial charge < -0.3 is 20.3 Å². The molecular formula is C28H47N3O4. The predicted octanol–water partition coefficient (Wildman–Crippen LogP) is 5.58. The number of nitrogens with zero attached hydrogens (tertiary/aromatic N) is 1. The monoisotopic (exact) mass is 489 g/mol. The van der Waals surface area contributed by atoms with E-state index in [1.165, 1.54) is 0 Å². The van der Waals surface area contributed by atoms with Gasteiger partial charge in [-0.3, -0.25) is 9.59 Å². The molecule has 2 unspecified atom stereocenters. The average molecular weight is 490 g/mol. The Morgan fingerprint density at radius 1 is 1.03 bits per heavy atom. The Bertz CT molecular complexity index is 873. The third-order valence-corrected chi connectivity index (χ3v) is 6.16. The molecule has 3 amide bonds. The van der Waals surface area contributed by atoms with E-state index in [0.717, 1.165) is 36.0 Å². The molecule has 0 aliphatic carbocycles. The normalized spacial score (nSPS) is 13.5. The lowest BCUT2D eigenvalue weighted by Gasteiger charge is -2.44. The predicted molar refractivity (Wildman–Crippen MR) is 141 cm³/mol. The van der Waals surface area contributed by atoms with Gasteiger partial charge in [-0.05, 0) is 79.4 Å². The van der Waals surface area contributed by atoms with Gasteiger partial charge in [0.25, 0.3) is 0 Å².